The number of hydrogen-bond acceptors (Lipinski definition) is 4. The molecule has 1 aromatic heterocycles. The van der Waals surface area contributed by atoms with Crippen LogP contribution in [0.4, 0.5) is 13.2 Å². The summed E-state index contributed by atoms with van der Waals surface area (Å²) >= 11 is 0. The quantitative estimate of drug-likeness (QED) is 0.649. The van der Waals surface area contributed by atoms with Crippen LogP contribution in [0.15, 0.2) is 12.4 Å². The van der Waals surface area contributed by atoms with Crippen LogP contribution in [0.3, 0.4) is 0 Å². The molecule has 7 heteroatoms. The Morgan fingerprint density at radius 3 is 2.36 bits per heavy atom. The minimum atomic E-state index is -4.55. The van der Waals surface area contributed by atoms with Gasteiger partial charge >= 0.3 is 12.1 Å². The molecule has 0 aliphatic carbocycles. The number of aromatic nitrogens is 2. The van der Waals surface area contributed by atoms with Gasteiger partial charge in [-0.1, -0.05) is 0 Å². The molecule has 0 saturated heterocycles. The van der Waals surface area contributed by atoms with Crippen molar-refractivity contribution < 1.29 is 22.7 Å². The van der Waals surface area contributed by atoms with Crippen LogP contribution >= 0.6 is 0 Å². The fraction of sp³-hybridized carbons (Fsp3) is 0.286. The largest absolute Gasteiger partial charge is 0.464 e. The summed E-state index contributed by atoms with van der Waals surface area (Å²) in [4.78, 5) is 17.1. The smallest absolute Gasteiger partial charge is 0.434 e. The summed E-state index contributed by atoms with van der Waals surface area (Å²) in [5.41, 5.74) is -1.41. The van der Waals surface area contributed by atoms with Crippen molar-refractivity contribution >= 4 is 5.97 Å². The molecule has 0 amide bonds. The number of ether oxygens (including phenoxy) is 1. The van der Waals surface area contributed by atoms with Crippen molar-refractivity contribution in [3.05, 3.63) is 23.8 Å². The first kappa shape index (κ1) is 10.4. The average Bonchev–Trinajstić information content (AvgIpc) is 2.15. The first-order valence-electron chi connectivity index (χ1n) is 3.42. The van der Waals surface area contributed by atoms with Crippen LogP contribution < -0.4 is 0 Å². The van der Waals surface area contributed by atoms with E-state index in [1.54, 1.807) is 0 Å². The fourth-order valence-corrected chi connectivity index (χ4v) is 0.684. The molecule has 0 fully saturated rings. The molecule has 0 spiro atoms. The van der Waals surface area contributed by atoms with Gasteiger partial charge in [-0.25, -0.2) is 14.8 Å². The molecule has 0 bridgehead atoms. The van der Waals surface area contributed by atoms with E-state index in [1.165, 1.54) is 0 Å². The standard InChI is InChI=1S/C7H5F3N2O2/c1-14-6(13)4-2-12-5(3-11-4)7(8,9)10/h2-3H,1H3. The second-order valence-corrected chi connectivity index (χ2v) is 2.28. The van der Waals surface area contributed by atoms with E-state index >= 15 is 0 Å². The lowest BCUT2D eigenvalue weighted by atomic mass is 10.4. The van der Waals surface area contributed by atoms with Crippen LogP contribution in [-0.4, -0.2) is 23.0 Å². The molecule has 1 heterocycles. The molecule has 0 aliphatic rings. The zero-order valence-corrected chi connectivity index (χ0v) is 7.00. The second-order valence-electron chi connectivity index (χ2n) is 2.28. The van der Waals surface area contributed by atoms with Gasteiger partial charge < -0.3 is 4.74 Å². The van der Waals surface area contributed by atoms with Crippen molar-refractivity contribution in [2.45, 2.75) is 6.18 Å². The van der Waals surface area contributed by atoms with Crippen LogP contribution in [0.1, 0.15) is 16.2 Å². The van der Waals surface area contributed by atoms with Gasteiger partial charge in [0.1, 0.15) is 0 Å². The van der Waals surface area contributed by atoms with Crippen LogP contribution in [0.2, 0.25) is 0 Å². The molecule has 0 N–H and O–H groups in total. The predicted molar refractivity (Wildman–Crippen MR) is 38.4 cm³/mol. The number of nitrogens with zero attached hydrogens (tertiary/aromatic N) is 2. The van der Waals surface area contributed by atoms with Crippen molar-refractivity contribution in [3.63, 3.8) is 0 Å². The number of alkyl halides is 3. The maximum atomic E-state index is 12.0. The van der Waals surface area contributed by atoms with Crippen LogP contribution in [0, 0.1) is 0 Å². The lowest BCUT2D eigenvalue weighted by Crippen LogP contribution is -2.11. The molecule has 0 radical (unpaired) electrons. The number of esters is 1. The lowest BCUT2D eigenvalue weighted by molar-refractivity contribution is -0.141. The first-order chi connectivity index (χ1) is 6.45. The summed E-state index contributed by atoms with van der Waals surface area (Å²) in [5, 5.41) is 0. The number of carbonyl (C=O) groups excluding carboxylic acids is 1. The van der Waals surface area contributed by atoms with E-state index in [9.17, 15) is 18.0 Å². The molecule has 0 aliphatic heterocycles. The maximum absolute atomic E-state index is 12.0. The fourth-order valence-electron chi connectivity index (χ4n) is 0.684. The van der Waals surface area contributed by atoms with Crippen LogP contribution in [0.5, 0.6) is 0 Å². The zero-order chi connectivity index (χ0) is 10.8. The highest BCUT2D eigenvalue weighted by molar-refractivity contribution is 5.86. The molecule has 1 rings (SSSR count). The first-order valence-corrected chi connectivity index (χ1v) is 3.42. The van der Waals surface area contributed by atoms with Crippen molar-refractivity contribution in [2.24, 2.45) is 0 Å². The van der Waals surface area contributed by atoms with Crippen LogP contribution in [0.25, 0.3) is 0 Å². The SMILES string of the molecule is COC(=O)c1cnc(C(F)(F)F)cn1. The molecule has 4 nitrogen and oxygen atoms in total. The Hall–Kier alpha value is -1.66. The zero-order valence-electron chi connectivity index (χ0n) is 7.00. The number of hydrogen-bond donors (Lipinski definition) is 0. The van der Waals surface area contributed by atoms with E-state index in [4.69, 9.17) is 0 Å². The Morgan fingerprint density at radius 1 is 1.36 bits per heavy atom. The molecule has 14 heavy (non-hydrogen) atoms. The molecule has 76 valence electrons. The summed E-state index contributed by atoms with van der Waals surface area (Å²) in [6.07, 6.45) is -3.36. The van der Waals surface area contributed by atoms with Crippen molar-refractivity contribution in [1.82, 2.24) is 9.97 Å². The van der Waals surface area contributed by atoms with Crippen molar-refractivity contribution in [3.8, 4) is 0 Å². The maximum Gasteiger partial charge on any atom is 0.434 e. The lowest BCUT2D eigenvalue weighted by Gasteiger charge is -2.04. The van der Waals surface area contributed by atoms with E-state index < -0.39 is 17.8 Å². The van der Waals surface area contributed by atoms with Crippen LogP contribution in [-0.2, 0) is 10.9 Å². The summed E-state index contributed by atoms with van der Waals surface area (Å²) in [5.74, 6) is -0.828. The van der Waals surface area contributed by atoms with Gasteiger partial charge in [0.2, 0.25) is 0 Å². The van der Waals surface area contributed by atoms with E-state index in [-0.39, 0.29) is 5.69 Å². The third-order valence-corrected chi connectivity index (χ3v) is 1.34. The van der Waals surface area contributed by atoms with Gasteiger partial charge in [-0.3, -0.25) is 0 Å². The van der Waals surface area contributed by atoms with Gasteiger partial charge in [0.15, 0.2) is 11.4 Å². The minimum absolute atomic E-state index is 0.263. The predicted octanol–water partition coefficient (Wildman–Crippen LogP) is 1.28. The Kier molecular flexibility index (Phi) is 2.68. The molecule has 0 saturated carbocycles. The summed E-state index contributed by atoms with van der Waals surface area (Å²) in [7, 11) is 1.10. The number of rotatable bonds is 1. The Balaban J connectivity index is 2.95. The molecule has 0 atom stereocenters. The van der Waals surface area contributed by atoms with Gasteiger partial charge in [0.05, 0.1) is 19.5 Å². The monoisotopic (exact) mass is 206 g/mol. The Labute approximate surface area is 76.7 Å². The third-order valence-electron chi connectivity index (χ3n) is 1.34. The van der Waals surface area contributed by atoms with E-state index in [0.717, 1.165) is 7.11 Å². The second kappa shape index (κ2) is 3.60. The molecular formula is C7H5F3N2O2. The van der Waals surface area contributed by atoms with Crippen molar-refractivity contribution in [1.29, 1.82) is 0 Å². The highest BCUT2D eigenvalue weighted by Crippen LogP contribution is 2.26. The van der Waals surface area contributed by atoms with E-state index in [0.29, 0.717) is 12.4 Å². The Morgan fingerprint density at radius 2 is 2.00 bits per heavy atom. The highest BCUT2D eigenvalue weighted by Gasteiger charge is 2.33. The van der Waals surface area contributed by atoms with Gasteiger partial charge in [-0.05, 0) is 0 Å². The van der Waals surface area contributed by atoms with E-state index in [1.807, 2.05) is 0 Å². The average molecular weight is 206 g/mol. The molecule has 0 aromatic carbocycles. The minimum Gasteiger partial charge on any atom is -0.464 e. The molecule has 0 unspecified atom stereocenters. The molecule has 1 aromatic rings. The van der Waals surface area contributed by atoms with Gasteiger partial charge in [-0.15, -0.1) is 0 Å². The number of halogens is 3. The number of methoxy groups -OCH3 is 1. The molecular weight excluding hydrogens is 201 g/mol. The Bertz CT molecular complexity index is 334. The normalized spacial score (nSPS) is 11.1. The summed E-state index contributed by atoms with van der Waals surface area (Å²) in [6.45, 7) is 0. The van der Waals surface area contributed by atoms with Gasteiger partial charge in [0, 0.05) is 0 Å². The van der Waals surface area contributed by atoms with E-state index in [2.05, 4.69) is 14.7 Å². The summed E-state index contributed by atoms with van der Waals surface area (Å²) < 4.78 is 40.2. The topological polar surface area (TPSA) is 52.1 Å². The third kappa shape index (κ3) is 2.18. The van der Waals surface area contributed by atoms with Crippen molar-refractivity contribution in [2.75, 3.05) is 7.11 Å². The van der Waals surface area contributed by atoms with Gasteiger partial charge in [-0.2, -0.15) is 13.2 Å². The number of carbonyl (C=O) groups is 1. The summed E-state index contributed by atoms with van der Waals surface area (Å²) in [6, 6.07) is 0. The highest BCUT2D eigenvalue weighted by atomic mass is 19.4. The van der Waals surface area contributed by atoms with Gasteiger partial charge in [0.25, 0.3) is 0 Å².